The second-order valence-electron chi connectivity index (χ2n) is 8.03. The number of nitrogens with one attached hydrogen (secondary N) is 3. The Balaban J connectivity index is 2.43. The van der Waals surface area contributed by atoms with Crippen molar-refractivity contribution in [3.63, 3.8) is 0 Å². The van der Waals surface area contributed by atoms with Crippen molar-refractivity contribution in [3.05, 3.63) is 59.3 Å². The summed E-state index contributed by atoms with van der Waals surface area (Å²) in [4.78, 5) is 22.2. The normalized spacial score (nSPS) is 12.2. The van der Waals surface area contributed by atoms with Crippen LogP contribution in [0.2, 0.25) is 5.02 Å². The average molecular weight is 491 g/mol. The Hall–Kier alpha value is -3.33. The second kappa shape index (κ2) is 12.2. The smallest absolute Gasteiger partial charge is 0.407 e. The third-order valence-electron chi connectivity index (χ3n) is 5.15. The second-order valence-corrected chi connectivity index (χ2v) is 8.47. The topological polar surface area (TPSA) is 91.4 Å². The minimum absolute atomic E-state index is 0.185. The number of alkyl carbamates (subject to hydrolysis) is 1. The van der Waals surface area contributed by atoms with Crippen molar-refractivity contribution >= 4 is 40.5 Å². The molecule has 0 saturated heterocycles. The molecule has 0 saturated carbocycles. The highest BCUT2D eigenvalue weighted by Gasteiger charge is 2.19. The number of aromatic nitrogens is 2. The van der Waals surface area contributed by atoms with Crippen LogP contribution in [0.3, 0.4) is 0 Å². The van der Waals surface area contributed by atoms with Crippen molar-refractivity contribution < 1.29 is 13.9 Å². The summed E-state index contributed by atoms with van der Waals surface area (Å²) in [6, 6.07) is 4.76. The van der Waals surface area contributed by atoms with Crippen LogP contribution in [0.25, 0.3) is 11.1 Å². The third kappa shape index (κ3) is 7.08. The van der Waals surface area contributed by atoms with Crippen LogP contribution in [-0.2, 0) is 4.74 Å². The van der Waals surface area contributed by atoms with Gasteiger partial charge < -0.3 is 25.6 Å². The summed E-state index contributed by atoms with van der Waals surface area (Å²) in [6.45, 7) is 10.4. The number of rotatable bonds is 10. The highest BCUT2D eigenvalue weighted by Crippen LogP contribution is 2.35. The van der Waals surface area contributed by atoms with Gasteiger partial charge in [0.1, 0.15) is 0 Å². The van der Waals surface area contributed by atoms with Crippen molar-refractivity contribution in [1.82, 2.24) is 20.2 Å². The zero-order valence-electron chi connectivity index (χ0n) is 20.4. The van der Waals surface area contributed by atoms with E-state index in [9.17, 15) is 4.79 Å². The number of nitrogens with zero attached hydrogens (tertiary/aromatic N) is 3. The molecule has 1 heterocycles. The van der Waals surface area contributed by atoms with Crippen LogP contribution in [-0.4, -0.2) is 60.8 Å². The van der Waals surface area contributed by atoms with Crippen LogP contribution in [0, 0.1) is 5.82 Å². The first kappa shape index (κ1) is 26.9. The fraction of sp³-hybridized carbons (Fsp3) is 0.375. The molecule has 8 nitrogen and oxygen atoms in total. The molecule has 10 heteroatoms. The van der Waals surface area contributed by atoms with Crippen molar-refractivity contribution in [1.29, 1.82) is 0 Å². The van der Waals surface area contributed by atoms with Gasteiger partial charge in [-0.1, -0.05) is 18.2 Å². The molecule has 0 radical (unpaired) electrons. The lowest BCUT2D eigenvalue weighted by atomic mass is 9.96. The van der Waals surface area contributed by atoms with Crippen LogP contribution in [0.5, 0.6) is 0 Å². The quantitative estimate of drug-likeness (QED) is 0.409. The molecular formula is C24H32ClFN6O2. The molecular weight excluding hydrogens is 459 g/mol. The minimum atomic E-state index is -0.522. The number of carbonyl (C=O) groups is 1. The highest BCUT2D eigenvalue weighted by molar-refractivity contribution is 6.31. The van der Waals surface area contributed by atoms with Gasteiger partial charge in [-0.3, -0.25) is 0 Å². The van der Waals surface area contributed by atoms with E-state index in [0.29, 0.717) is 34.4 Å². The maximum atomic E-state index is 15.2. The van der Waals surface area contributed by atoms with Crippen LogP contribution < -0.4 is 16.0 Å². The van der Waals surface area contributed by atoms with Gasteiger partial charge in [0.25, 0.3) is 0 Å². The SMILES string of the molecule is C=C(/C(=C\N(C)C(C)C)c1ccnc(NC[C@H](C)NC(=O)OC)n1)c1cc(Cl)cc(NC)c1F. The number of ether oxygens (including phenoxy) is 1. The van der Waals surface area contributed by atoms with E-state index >= 15 is 4.39 Å². The summed E-state index contributed by atoms with van der Waals surface area (Å²) < 4.78 is 19.8. The zero-order chi connectivity index (χ0) is 25.4. The zero-order valence-corrected chi connectivity index (χ0v) is 21.1. The lowest BCUT2D eigenvalue weighted by Gasteiger charge is -2.22. The van der Waals surface area contributed by atoms with E-state index < -0.39 is 11.9 Å². The maximum absolute atomic E-state index is 15.2. The standard InChI is InChI=1S/C24H32ClFN6O2/c1-14(2)32(6)13-19(16(4)18-10-17(25)11-21(27-5)22(18)26)20-8-9-28-23(31-20)29-12-15(3)30-24(33)34-7/h8-11,13-15,27H,4,12H2,1-3,5-7H3,(H,30,33)(H,28,29,31)/b19-13+/t15-/m0/s1. The Morgan fingerprint density at radius 3 is 2.68 bits per heavy atom. The Labute approximate surface area is 205 Å². The van der Waals surface area contributed by atoms with E-state index in [0.717, 1.165) is 0 Å². The van der Waals surface area contributed by atoms with Crippen molar-refractivity contribution in [2.45, 2.75) is 32.9 Å². The number of anilines is 2. The fourth-order valence-electron chi connectivity index (χ4n) is 2.94. The number of carbonyl (C=O) groups excluding carboxylic acids is 1. The van der Waals surface area contributed by atoms with Gasteiger partial charge >= 0.3 is 6.09 Å². The van der Waals surface area contributed by atoms with Crippen LogP contribution >= 0.6 is 11.6 Å². The molecule has 1 atom stereocenters. The highest BCUT2D eigenvalue weighted by atomic mass is 35.5. The van der Waals surface area contributed by atoms with Gasteiger partial charge in [-0.05, 0) is 44.5 Å². The first-order valence-corrected chi connectivity index (χ1v) is 11.2. The predicted molar refractivity (Wildman–Crippen MR) is 136 cm³/mol. The molecule has 0 bridgehead atoms. The fourth-order valence-corrected chi connectivity index (χ4v) is 3.15. The van der Waals surface area contributed by atoms with Gasteiger partial charge in [0.15, 0.2) is 5.82 Å². The number of halogens is 2. The van der Waals surface area contributed by atoms with Crippen molar-refractivity contribution in [2.24, 2.45) is 0 Å². The number of hydrogen-bond donors (Lipinski definition) is 3. The molecule has 0 unspecified atom stereocenters. The number of methoxy groups -OCH3 is 1. The number of benzene rings is 1. The summed E-state index contributed by atoms with van der Waals surface area (Å²) in [5.41, 5.74) is 2.13. The summed E-state index contributed by atoms with van der Waals surface area (Å²) >= 11 is 6.24. The van der Waals surface area contributed by atoms with Gasteiger partial charge in [0, 0.05) is 61.3 Å². The lowest BCUT2D eigenvalue weighted by molar-refractivity contribution is 0.168. The van der Waals surface area contributed by atoms with Crippen LogP contribution in [0.15, 0.2) is 37.2 Å². The molecule has 3 N–H and O–H groups in total. The first-order chi connectivity index (χ1) is 16.1. The Kier molecular flexibility index (Phi) is 9.68. The molecule has 1 amide bonds. The molecule has 2 aromatic rings. The Morgan fingerprint density at radius 1 is 1.35 bits per heavy atom. The van der Waals surface area contributed by atoms with Crippen molar-refractivity contribution in [3.8, 4) is 0 Å². The van der Waals surface area contributed by atoms with E-state index in [1.54, 1.807) is 25.4 Å². The third-order valence-corrected chi connectivity index (χ3v) is 5.37. The number of amides is 1. The molecule has 2 rings (SSSR count). The van der Waals surface area contributed by atoms with E-state index in [4.69, 9.17) is 11.6 Å². The largest absolute Gasteiger partial charge is 0.453 e. The first-order valence-electron chi connectivity index (χ1n) is 10.8. The lowest BCUT2D eigenvalue weighted by Crippen LogP contribution is -2.37. The summed E-state index contributed by atoms with van der Waals surface area (Å²) in [5, 5.41) is 8.96. The molecule has 0 fully saturated rings. The van der Waals surface area contributed by atoms with E-state index in [1.807, 2.05) is 38.9 Å². The number of hydrogen-bond acceptors (Lipinski definition) is 7. The van der Waals surface area contributed by atoms with Gasteiger partial charge in [-0.25, -0.2) is 19.2 Å². The van der Waals surface area contributed by atoms with Crippen LogP contribution in [0.4, 0.5) is 20.8 Å². The molecule has 1 aromatic carbocycles. The molecule has 0 aliphatic carbocycles. The van der Waals surface area contributed by atoms with Gasteiger partial charge in [-0.15, -0.1) is 0 Å². The summed E-state index contributed by atoms with van der Waals surface area (Å²) in [6.07, 6.45) is 2.96. The average Bonchev–Trinajstić information content (AvgIpc) is 2.81. The monoisotopic (exact) mass is 490 g/mol. The van der Waals surface area contributed by atoms with E-state index in [-0.39, 0.29) is 23.3 Å². The summed E-state index contributed by atoms with van der Waals surface area (Å²) in [7, 11) is 4.86. The molecule has 34 heavy (non-hydrogen) atoms. The predicted octanol–water partition coefficient (Wildman–Crippen LogP) is 4.86. The Bertz CT molecular complexity index is 1060. The molecule has 0 aliphatic rings. The van der Waals surface area contributed by atoms with Gasteiger partial charge in [-0.2, -0.15) is 0 Å². The molecule has 0 aliphatic heterocycles. The van der Waals surface area contributed by atoms with Gasteiger partial charge in [0.2, 0.25) is 5.95 Å². The van der Waals surface area contributed by atoms with Crippen LogP contribution in [0.1, 0.15) is 32.0 Å². The summed E-state index contributed by atoms with van der Waals surface area (Å²) in [5.74, 6) is -0.102. The number of allylic oxidation sites excluding steroid dienone is 2. The van der Waals surface area contributed by atoms with Crippen molar-refractivity contribution in [2.75, 3.05) is 38.4 Å². The maximum Gasteiger partial charge on any atom is 0.407 e. The van der Waals surface area contributed by atoms with E-state index in [1.165, 1.54) is 13.2 Å². The van der Waals surface area contributed by atoms with E-state index in [2.05, 4.69) is 37.2 Å². The van der Waals surface area contributed by atoms with Gasteiger partial charge in [0.05, 0.1) is 18.5 Å². The molecule has 0 spiro atoms. The molecule has 1 aromatic heterocycles. The Morgan fingerprint density at radius 2 is 2.06 bits per heavy atom. The minimum Gasteiger partial charge on any atom is -0.453 e. The molecule has 184 valence electrons.